The van der Waals surface area contributed by atoms with Crippen LogP contribution in [0.2, 0.25) is 0 Å². The lowest BCUT2D eigenvalue weighted by Crippen LogP contribution is -2.53. The molecule has 1 unspecified atom stereocenters. The SMILES string of the molecule is Cl.O=C(NC1CCN(c2ccccc2OC(F)F)C1)C1CNC1. The van der Waals surface area contributed by atoms with E-state index in [4.69, 9.17) is 0 Å². The van der Waals surface area contributed by atoms with Crippen molar-refractivity contribution in [2.45, 2.75) is 19.1 Å². The summed E-state index contributed by atoms with van der Waals surface area (Å²) >= 11 is 0. The van der Waals surface area contributed by atoms with Crippen molar-refractivity contribution in [2.75, 3.05) is 31.1 Å². The van der Waals surface area contributed by atoms with Gasteiger partial charge in [0, 0.05) is 32.2 Å². The molecule has 1 atom stereocenters. The lowest BCUT2D eigenvalue weighted by molar-refractivity contribution is -0.127. The van der Waals surface area contributed by atoms with E-state index >= 15 is 0 Å². The average Bonchev–Trinajstić information content (AvgIpc) is 2.84. The Bertz CT molecular complexity index is 543. The highest BCUT2D eigenvalue weighted by Crippen LogP contribution is 2.31. The molecule has 8 heteroatoms. The largest absolute Gasteiger partial charge is 0.433 e. The molecule has 2 fully saturated rings. The molecule has 23 heavy (non-hydrogen) atoms. The molecule has 1 aromatic carbocycles. The highest BCUT2D eigenvalue weighted by atomic mass is 35.5. The van der Waals surface area contributed by atoms with Gasteiger partial charge in [-0.05, 0) is 18.6 Å². The van der Waals surface area contributed by atoms with Crippen LogP contribution < -0.4 is 20.3 Å². The van der Waals surface area contributed by atoms with Gasteiger partial charge in [-0.25, -0.2) is 0 Å². The first-order valence-electron chi connectivity index (χ1n) is 7.43. The first-order valence-corrected chi connectivity index (χ1v) is 7.43. The summed E-state index contributed by atoms with van der Waals surface area (Å²) in [6, 6.07) is 6.80. The predicted octanol–water partition coefficient (Wildman–Crippen LogP) is 1.62. The van der Waals surface area contributed by atoms with Crippen molar-refractivity contribution in [3.05, 3.63) is 24.3 Å². The number of alkyl halides is 2. The Morgan fingerprint density at radius 1 is 1.35 bits per heavy atom. The fraction of sp³-hybridized carbons (Fsp3) is 0.533. The number of carbonyl (C=O) groups is 1. The van der Waals surface area contributed by atoms with Crippen molar-refractivity contribution >= 4 is 24.0 Å². The maximum atomic E-state index is 12.5. The van der Waals surface area contributed by atoms with Crippen LogP contribution in [0.4, 0.5) is 14.5 Å². The standard InChI is InChI=1S/C15H19F2N3O2.ClH/c16-15(17)22-13-4-2-1-3-12(13)20-6-5-11(9-20)19-14(21)10-7-18-8-10;/h1-4,10-11,15,18H,5-9H2,(H,19,21);1H. The Kier molecular flexibility index (Phi) is 6.01. The summed E-state index contributed by atoms with van der Waals surface area (Å²) in [7, 11) is 0. The molecular formula is C15H20ClF2N3O2. The molecule has 0 aromatic heterocycles. The quantitative estimate of drug-likeness (QED) is 0.850. The number of halogens is 3. The molecule has 128 valence electrons. The van der Waals surface area contributed by atoms with Gasteiger partial charge in [0.1, 0.15) is 5.75 Å². The summed E-state index contributed by atoms with van der Waals surface area (Å²) in [5, 5.41) is 6.10. The van der Waals surface area contributed by atoms with Crippen LogP contribution in [0.5, 0.6) is 5.75 Å². The van der Waals surface area contributed by atoms with E-state index < -0.39 is 6.61 Å². The molecule has 2 aliphatic heterocycles. The number of benzene rings is 1. The van der Waals surface area contributed by atoms with Crippen LogP contribution >= 0.6 is 12.4 Å². The molecule has 0 spiro atoms. The number of carbonyl (C=O) groups excluding carboxylic acids is 1. The fourth-order valence-electron chi connectivity index (χ4n) is 2.80. The van der Waals surface area contributed by atoms with Crippen LogP contribution in [0.25, 0.3) is 0 Å². The van der Waals surface area contributed by atoms with E-state index in [2.05, 4.69) is 15.4 Å². The van der Waals surface area contributed by atoms with E-state index in [0.717, 1.165) is 19.5 Å². The topological polar surface area (TPSA) is 53.6 Å². The van der Waals surface area contributed by atoms with Crippen LogP contribution in [-0.4, -0.2) is 44.7 Å². The number of ether oxygens (including phenoxy) is 1. The minimum Gasteiger partial charge on any atom is -0.433 e. The third-order valence-corrected chi connectivity index (χ3v) is 4.11. The summed E-state index contributed by atoms with van der Waals surface area (Å²) < 4.78 is 29.5. The predicted molar refractivity (Wildman–Crippen MR) is 85.4 cm³/mol. The zero-order chi connectivity index (χ0) is 15.5. The third kappa shape index (κ3) is 4.23. The second-order valence-electron chi connectivity index (χ2n) is 5.64. The molecule has 0 bridgehead atoms. The molecule has 2 saturated heterocycles. The van der Waals surface area contributed by atoms with Gasteiger partial charge in [-0.15, -0.1) is 12.4 Å². The molecule has 0 radical (unpaired) electrons. The summed E-state index contributed by atoms with van der Waals surface area (Å²) in [4.78, 5) is 13.9. The van der Waals surface area contributed by atoms with Gasteiger partial charge in [-0.3, -0.25) is 4.79 Å². The van der Waals surface area contributed by atoms with Crippen molar-refractivity contribution in [1.82, 2.24) is 10.6 Å². The maximum Gasteiger partial charge on any atom is 0.387 e. The molecule has 1 aromatic rings. The van der Waals surface area contributed by atoms with Gasteiger partial charge >= 0.3 is 6.61 Å². The lowest BCUT2D eigenvalue weighted by atomic mass is 10.0. The van der Waals surface area contributed by atoms with Gasteiger partial charge in [0.25, 0.3) is 0 Å². The maximum absolute atomic E-state index is 12.5. The van der Waals surface area contributed by atoms with E-state index in [9.17, 15) is 13.6 Å². The van der Waals surface area contributed by atoms with Gasteiger partial charge in [-0.2, -0.15) is 8.78 Å². The number of hydrogen-bond donors (Lipinski definition) is 2. The Hall–Kier alpha value is -1.60. The monoisotopic (exact) mass is 347 g/mol. The highest BCUT2D eigenvalue weighted by molar-refractivity contribution is 5.85. The van der Waals surface area contributed by atoms with E-state index in [1.807, 2.05) is 4.90 Å². The number of amides is 1. The van der Waals surface area contributed by atoms with Gasteiger partial charge in [0.05, 0.1) is 11.6 Å². The second kappa shape index (κ2) is 7.79. The number of rotatable bonds is 5. The summed E-state index contributed by atoms with van der Waals surface area (Å²) in [5.41, 5.74) is 0.643. The van der Waals surface area contributed by atoms with Crippen molar-refractivity contribution in [3.63, 3.8) is 0 Å². The van der Waals surface area contributed by atoms with Crippen molar-refractivity contribution in [3.8, 4) is 5.75 Å². The van der Waals surface area contributed by atoms with Crippen LogP contribution in [0.3, 0.4) is 0 Å². The molecular weight excluding hydrogens is 328 g/mol. The third-order valence-electron chi connectivity index (χ3n) is 4.11. The normalized spacial score (nSPS) is 20.8. The van der Waals surface area contributed by atoms with Gasteiger partial charge in [0.15, 0.2) is 0 Å². The summed E-state index contributed by atoms with van der Waals surface area (Å²) in [5.74, 6) is 0.305. The summed E-state index contributed by atoms with van der Waals surface area (Å²) in [6.07, 6.45) is 0.800. The number of hydrogen-bond acceptors (Lipinski definition) is 4. The minimum atomic E-state index is -2.84. The van der Waals surface area contributed by atoms with Crippen molar-refractivity contribution < 1.29 is 18.3 Å². The summed E-state index contributed by atoms with van der Waals surface area (Å²) in [6.45, 7) is -0.0708. The van der Waals surface area contributed by atoms with Crippen LogP contribution in [0, 0.1) is 5.92 Å². The zero-order valence-corrected chi connectivity index (χ0v) is 13.3. The highest BCUT2D eigenvalue weighted by Gasteiger charge is 2.30. The smallest absolute Gasteiger partial charge is 0.387 e. The Morgan fingerprint density at radius 2 is 2.09 bits per heavy atom. The Morgan fingerprint density at radius 3 is 2.74 bits per heavy atom. The van der Waals surface area contributed by atoms with E-state index in [1.165, 1.54) is 6.07 Å². The van der Waals surface area contributed by atoms with Crippen LogP contribution in [-0.2, 0) is 4.79 Å². The van der Waals surface area contributed by atoms with E-state index in [1.54, 1.807) is 18.2 Å². The molecule has 5 nitrogen and oxygen atoms in total. The zero-order valence-electron chi connectivity index (χ0n) is 12.5. The van der Waals surface area contributed by atoms with Crippen molar-refractivity contribution in [1.29, 1.82) is 0 Å². The molecule has 1 amide bonds. The first kappa shape index (κ1) is 17.7. The molecule has 3 rings (SSSR count). The number of nitrogens with one attached hydrogen (secondary N) is 2. The molecule has 2 heterocycles. The molecule has 2 aliphatic rings. The van der Waals surface area contributed by atoms with Crippen LogP contribution in [0.15, 0.2) is 24.3 Å². The lowest BCUT2D eigenvalue weighted by Gasteiger charge is -2.27. The number of nitrogens with zero attached hydrogens (tertiary/aromatic N) is 1. The second-order valence-corrected chi connectivity index (χ2v) is 5.64. The first-order chi connectivity index (χ1) is 10.6. The fourth-order valence-corrected chi connectivity index (χ4v) is 2.80. The van der Waals surface area contributed by atoms with Crippen LogP contribution in [0.1, 0.15) is 6.42 Å². The van der Waals surface area contributed by atoms with Gasteiger partial charge in [0.2, 0.25) is 5.91 Å². The molecule has 2 N–H and O–H groups in total. The Labute approximate surface area is 139 Å². The van der Waals surface area contributed by atoms with Gasteiger partial charge < -0.3 is 20.3 Å². The number of para-hydroxylation sites is 2. The molecule has 0 saturated carbocycles. The minimum absolute atomic E-state index is 0. The Balaban J connectivity index is 0.00000192. The number of anilines is 1. The van der Waals surface area contributed by atoms with Gasteiger partial charge in [-0.1, -0.05) is 12.1 Å². The average molecular weight is 348 g/mol. The van der Waals surface area contributed by atoms with E-state index in [-0.39, 0.29) is 36.0 Å². The van der Waals surface area contributed by atoms with E-state index in [0.29, 0.717) is 18.8 Å². The van der Waals surface area contributed by atoms with Crippen molar-refractivity contribution in [2.24, 2.45) is 5.92 Å². The molecule has 0 aliphatic carbocycles.